The Morgan fingerprint density at radius 3 is 2.82 bits per heavy atom. The third-order valence-corrected chi connectivity index (χ3v) is 4.74. The summed E-state index contributed by atoms with van der Waals surface area (Å²) < 4.78 is 8.16. The maximum atomic E-state index is 6.15. The van der Waals surface area contributed by atoms with Crippen LogP contribution in [0.5, 0.6) is 5.75 Å². The Balaban J connectivity index is 1.81. The fraction of sp³-hybridized carbons (Fsp3) is 0.500. The molecule has 0 radical (unpaired) electrons. The molecule has 1 N–H and O–H groups in total. The van der Waals surface area contributed by atoms with Gasteiger partial charge in [-0.05, 0) is 69.5 Å². The number of fused-ring (bicyclic) bond motifs is 1. The summed E-state index contributed by atoms with van der Waals surface area (Å²) in [6.45, 7) is 6.49. The Hall–Kier alpha value is -1.81. The van der Waals surface area contributed by atoms with Crippen molar-refractivity contribution >= 4 is 0 Å². The Morgan fingerprint density at radius 1 is 1.27 bits per heavy atom. The summed E-state index contributed by atoms with van der Waals surface area (Å²) >= 11 is 0. The van der Waals surface area contributed by atoms with E-state index in [1.807, 2.05) is 23.1 Å². The Labute approximate surface area is 131 Å². The zero-order valence-corrected chi connectivity index (χ0v) is 13.3. The van der Waals surface area contributed by atoms with E-state index in [1.165, 1.54) is 29.7 Å². The molecule has 1 aromatic carbocycles. The molecule has 1 fully saturated rings. The van der Waals surface area contributed by atoms with Crippen molar-refractivity contribution in [2.45, 2.75) is 44.6 Å². The maximum absolute atomic E-state index is 6.15. The van der Waals surface area contributed by atoms with E-state index in [4.69, 9.17) is 4.74 Å². The lowest BCUT2D eigenvalue weighted by Crippen LogP contribution is -2.27. The molecule has 0 unspecified atom stereocenters. The van der Waals surface area contributed by atoms with Crippen molar-refractivity contribution < 1.29 is 4.74 Å². The average Bonchev–Trinajstić information content (AvgIpc) is 3.12. The van der Waals surface area contributed by atoms with E-state index in [0.717, 1.165) is 25.3 Å². The average molecular weight is 297 g/mol. The molecule has 0 amide bonds. The van der Waals surface area contributed by atoms with Crippen LogP contribution < -0.4 is 10.1 Å². The van der Waals surface area contributed by atoms with Gasteiger partial charge in [0.25, 0.3) is 0 Å². The van der Waals surface area contributed by atoms with Crippen molar-refractivity contribution in [3.05, 3.63) is 41.7 Å². The highest BCUT2D eigenvalue weighted by atomic mass is 16.5. The highest BCUT2D eigenvalue weighted by molar-refractivity contribution is 5.54. The molecule has 4 rings (SSSR count). The van der Waals surface area contributed by atoms with E-state index in [-0.39, 0.29) is 5.60 Å². The van der Waals surface area contributed by atoms with Crippen molar-refractivity contribution in [2.75, 3.05) is 13.1 Å². The largest absolute Gasteiger partial charge is 0.487 e. The lowest BCUT2D eigenvalue weighted by molar-refractivity contribution is 0.138. The quantitative estimate of drug-likeness (QED) is 0.926. The van der Waals surface area contributed by atoms with Crippen LogP contribution in [0, 0.1) is 0 Å². The van der Waals surface area contributed by atoms with Gasteiger partial charge in [0.15, 0.2) is 0 Å². The summed E-state index contributed by atoms with van der Waals surface area (Å²) in [5, 5.41) is 7.91. The smallest absolute Gasteiger partial charge is 0.123 e. The monoisotopic (exact) mass is 297 g/mol. The van der Waals surface area contributed by atoms with Crippen LogP contribution in [0.3, 0.4) is 0 Å². The molecule has 2 aliphatic rings. The van der Waals surface area contributed by atoms with Crippen LogP contribution in [0.2, 0.25) is 0 Å². The first-order chi connectivity index (χ1) is 10.6. The van der Waals surface area contributed by atoms with Crippen LogP contribution in [0.25, 0.3) is 5.69 Å². The van der Waals surface area contributed by atoms with Crippen molar-refractivity contribution in [1.29, 1.82) is 0 Å². The van der Waals surface area contributed by atoms with Gasteiger partial charge in [0.2, 0.25) is 0 Å². The molecule has 0 bridgehead atoms. The van der Waals surface area contributed by atoms with Crippen LogP contribution in [-0.2, 0) is 6.42 Å². The Bertz CT molecular complexity index is 670. The maximum Gasteiger partial charge on any atom is 0.123 e. The SMILES string of the molecule is CC1(C)Cc2cc(-n3cccn3)c(C3CCNCC3)cc2O1. The first kappa shape index (κ1) is 13.8. The van der Waals surface area contributed by atoms with Crippen LogP contribution in [-0.4, -0.2) is 28.5 Å². The fourth-order valence-electron chi connectivity index (χ4n) is 3.72. The minimum atomic E-state index is -0.101. The van der Waals surface area contributed by atoms with Crippen LogP contribution >= 0.6 is 0 Å². The summed E-state index contributed by atoms with van der Waals surface area (Å²) in [5.74, 6) is 1.65. The molecule has 116 valence electrons. The lowest BCUT2D eigenvalue weighted by atomic mass is 9.87. The Morgan fingerprint density at radius 2 is 2.09 bits per heavy atom. The topological polar surface area (TPSA) is 39.1 Å². The van der Waals surface area contributed by atoms with E-state index in [2.05, 4.69) is 36.4 Å². The van der Waals surface area contributed by atoms with Gasteiger partial charge in [-0.2, -0.15) is 5.10 Å². The van der Waals surface area contributed by atoms with Gasteiger partial charge < -0.3 is 10.1 Å². The third-order valence-electron chi connectivity index (χ3n) is 4.74. The second-order valence-corrected chi connectivity index (χ2v) is 7.03. The predicted octanol–water partition coefficient (Wildman–Crippen LogP) is 3.05. The molecule has 4 nitrogen and oxygen atoms in total. The van der Waals surface area contributed by atoms with Crippen molar-refractivity contribution in [2.24, 2.45) is 0 Å². The molecule has 4 heteroatoms. The van der Waals surface area contributed by atoms with Gasteiger partial charge >= 0.3 is 0 Å². The second-order valence-electron chi connectivity index (χ2n) is 7.03. The van der Waals surface area contributed by atoms with E-state index in [0.29, 0.717) is 5.92 Å². The number of benzene rings is 1. The molecule has 3 heterocycles. The zero-order chi connectivity index (χ0) is 15.2. The number of aromatic nitrogens is 2. The van der Waals surface area contributed by atoms with Gasteiger partial charge in [0, 0.05) is 24.4 Å². The van der Waals surface area contributed by atoms with Crippen LogP contribution in [0.15, 0.2) is 30.6 Å². The fourth-order valence-corrected chi connectivity index (χ4v) is 3.72. The third kappa shape index (κ3) is 2.41. The van der Waals surface area contributed by atoms with Crippen molar-refractivity contribution in [3.63, 3.8) is 0 Å². The van der Waals surface area contributed by atoms with Crippen molar-refractivity contribution in [1.82, 2.24) is 15.1 Å². The molecule has 0 atom stereocenters. The van der Waals surface area contributed by atoms with E-state index in [1.54, 1.807) is 0 Å². The lowest BCUT2D eigenvalue weighted by Gasteiger charge is -2.25. The number of piperidine rings is 1. The number of hydrogen-bond acceptors (Lipinski definition) is 3. The molecule has 2 aromatic rings. The first-order valence-electron chi connectivity index (χ1n) is 8.19. The number of nitrogens with zero attached hydrogens (tertiary/aromatic N) is 2. The number of rotatable bonds is 2. The number of ether oxygens (including phenoxy) is 1. The summed E-state index contributed by atoms with van der Waals surface area (Å²) in [7, 11) is 0. The molecule has 2 aliphatic heterocycles. The summed E-state index contributed by atoms with van der Waals surface area (Å²) in [6, 6.07) is 6.55. The van der Waals surface area contributed by atoms with E-state index in [9.17, 15) is 0 Å². The Kier molecular flexibility index (Phi) is 3.22. The number of hydrogen-bond donors (Lipinski definition) is 1. The summed E-state index contributed by atoms with van der Waals surface area (Å²) in [4.78, 5) is 0. The van der Waals surface area contributed by atoms with Gasteiger partial charge in [-0.1, -0.05) is 0 Å². The summed E-state index contributed by atoms with van der Waals surface area (Å²) in [5.41, 5.74) is 3.79. The van der Waals surface area contributed by atoms with Gasteiger partial charge in [-0.3, -0.25) is 0 Å². The standard InChI is InChI=1S/C18H23N3O/c1-18(2)12-14-10-16(21-9-3-6-20-21)15(11-17(14)22-18)13-4-7-19-8-5-13/h3,6,9-11,13,19H,4-5,7-8,12H2,1-2H3. The first-order valence-corrected chi connectivity index (χ1v) is 8.19. The number of nitrogens with one attached hydrogen (secondary N) is 1. The van der Waals surface area contributed by atoms with Crippen LogP contribution in [0.4, 0.5) is 0 Å². The highest BCUT2D eigenvalue weighted by Crippen LogP contribution is 2.41. The molecule has 0 saturated carbocycles. The van der Waals surface area contributed by atoms with Crippen molar-refractivity contribution in [3.8, 4) is 11.4 Å². The van der Waals surface area contributed by atoms with Crippen LogP contribution in [0.1, 0.15) is 43.7 Å². The molecular weight excluding hydrogens is 274 g/mol. The zero-order valence-electron chi connectivity index (χ0n) is 13.3. The van der Waals surface area contributed by atoms with Gasteiger partial charge in [0.1, 0.15) is 11.4 Å². The van der Waals surface area contributed by atoms with Gasteiger partial charge in [-0.25, -0.2) is 4.68 Å². The van der Waals surface area contributed by atoms with E-state index >= 15 is 0 Å². The molecule has 22 heavy (non-hydrogen) atoms. The molecule has 0 aliphatic carbocycles. The molecule has 0 spiro atoms. The summed E-state index contributed by atoms with van der Waals surface area (Å²) in [6.07, 6.45) is 7.20. The highest BCUT2D eigenvalue weighted by Gasteiger charge is 2.32. The van der Waals surface area contributed by atoms with E-state index < -0.39 is 0 Å². The normalized spacial score (nSPS) is 20.6. The predicted molar refractivity (Wildman–Crippen MR) is 86.8 cm³/mol. The molecule has 1 saturated heterocycles. The van der Waals surface area contributed by atoms with Gasteiger partial charge in [0.05, 0.1) is 5.69 Å². The minimum absolute atomic E-state index is 0.101. The van der Waals surface area contributed by atoms with Gasteiger partial charge in [-0.15, -0.1) is 0 Å². The second kappa shape index (κ2) is 5.13. The minimum Gasteiger partial charge on any atom is -0.487 e. The molecular formula is C18H23N3O. The molecule has 1 aromatic heterocycles.